The van der Waals surface area contributed by atoms with Crippen LogP contribution in [0.1, 0.15) is 82.0 Å². The Labute approximate surface area is 197 Å². The van der Waals surface area contributed by atoms with E-state index in [9.17, 15) is 24.4 Å². The van der Waals surface area contributed by atoms with Crippen molar-refractivity contribution in [3.05, 3.63) is 80.8 Å². The summed E-state index contributed by atoms with van der Waals surface area (Å²) < 4.78 is 0. The molecule has 3 aliphatic rings. The van der Waals surface area contributed by atoms with Crippen LogP contribution in [0.3, 0.4) is 0 Å². The third kappa shape index (κ3) is 3.85. The van der Waals surface area contributed by atoms with Crippen LogP contribution >= 0.6 is 0 Å². The van der Waals surface area contributed by atoms with Gasteiger partial charge in [0, 0.05) is 6.54 Å². The number of rotatable bonds is 8. The minimum absolute atomic E-state index is 0.0181. The molecule has 2 aromatic rings. The zero-order chi connectivity index (χ0) is 23.8. The van der Waals surface area contributed by atoms with E-state index in [4.69, 9.17) is 0 Å². The summed E-state index contributed by atoms with van der Waals surface area (Å²) in [6, 6.07) is 11.7. The van der Waals surface area contributed by atoms with Crippen LogP contribution in [-0.4, -0.2) is 34.3 Å². The zero-order valence-electron chi connectivity index (χ0n) is 18.8. The lowest BCUT2D eigenvalue weighted by molar-refractivity contribution is -0.142. The van der Waals surface area contributed by atoms with Crippen molar-refractivity contribution in [2.45, 2.75) is 51.0 Å². The van der Waals surface area contributed by atoms with Gasteiger partial charge in [-0.3, -0.25) is 19.3 Å². The molecule has 0 radical (unpaired) electrons. The van der Waals surface area contributed by atoms with Gasteiger partial charge < -0.3 is 5.11 Å². The molecule has 2 amide bonds. The number of carbonyl (C=O) groups is 3. The first kappa shape index (κ1) is 22.2. The van der Waals surface area contributed by atoms with E-state index in [1.54, 1.807) is 24.3 Å². The van der Waals surface area contributed by atoms with E-state index >= 15 is 0 Å². The molecule has 2 atom stereocenters. The normalized spacial score (nSPS) is 18.4. The van der Waals surface area contributed by atoms with Crippen molar-refractivity contribution >= 4 is 23.4 Å². The molecule has 2 aliphatic carbocycles. The van der Waals surface area contributed by atoms with Gasteiger partial charge in [-0.25, -0.2) is 0 Å². The molecule has 7 heteroatoms. The van der Waals surface area contributed by atoms with Crippen molar-refractivity contribution in [3.8, 4) is 0 Å². The number of carboxylic acid groups (broad SMARTS) is 1. The number of amides is 2. The van der Waals surface area contributed by atoms with Crippen LogP contribution in [0.5, 0.6) is 0 Å². The lowest BCUT2D eigenvalue weighted by Gasteiger charge is -2.20. The molecule has 1 aliphatic heterocycles. The first-order valence-electron chi connectivity index (χ1n) is 11.8. The Hall–Kier alpha value is -3.61. The average molecular weight is 459 g/mol. The summed E-state index contributed by atoms with van der Waals surface area (Å²) in [6.45, 7) is -0.0181. The van der Waals surface area contributed by atoms with E-state index in [1.807, 2.05) is 18.2 Å². The Balaban J connectivity index is 1.28. The fourth-order valence-corrected chi connectivity index (χ4v) is 5.56. The van der Waals surface area contributed by atoms with Crippen molar-refractivity contribution in [1.82, 2.24) is 4.90 Å². The maximum Gasteiger partial charge on any atom is 0.306 e. The fraction of sp³-hybridized carbons (Fsp3) is 0.370. The Kier molecular flexibility index (Phi) is 5.86. The van der Waals surface area contributed by atoms with E-state index < -0.39 is 29.7 Å². The molecule has 0 spiro atoms. The number of hydrogen-bond acceptors (Lipinski definition) is 5. The van der Waals surface area contributed by atoms with Crippen LogP contribution in [-0.2, 0) is 11.2 Å². The molecule has 0 aromatic heterocycles. The molecule has 0 fully saturated rings. The molecule has 0 bridgehead atoms. The third-order valence-electron chi connectivity index (χ3n) is 7.39. The summed E-state index contributed by atoms with van der Waals surface area (Å²) in [4.78, 5) is 50.0. The van der Waals surface area contributed by atoms with Crippen LogP contribution in [0.2, 0.25) is 0 Å². The first-order chi connectivity index (χ1) is 16.5. The van der Waals surface area contributed by atoms with E-state index in [-0.39, 0.29) is 19.4 Å². The molecule has 1 heterocycles. The molecule has 174 valence electrons. The van der Waals surface area contributed by atoms with Crippen LogP contribution in [0, 0.1) is 10.8 Å². The number of benzene rings is 2. The van der Waals surface area contributed by atoms with Crippen LogP contribution in [0.15, 0.2) is 53.2 Å². The fourth-order valence-electron chi connectivity index (χ4n) is 5.56. The monoisotopic (exact) mass is 458 g/mol. The van der Waals surface area contributed by atoms with E-state index in [2.05, 4.69) is 5.18 Å². The predicted molar refractivity (Wildman–Crippen MR) is 126 cm³/mol. The van der Waals surface area contributed by atoms with Crippen LogP contribution in [0.4, 0.5) is 0 Å². The average Bonchev–Trinajstić information content (AvgIpc) is 3.34. The molecule has 1 N–H and O–H groups in total. The van der Waals surface area contributed by atoms with Gasteiger partial charge in [0.05, 0.1) is 17.0 Å². The lowest BCUT2D eigenvalue weighted by Crippen LogP contribution is -2.33. The molecular weight excluding hydrogens is 432 g/mol. The Bertz CT molecular complexity index is 1200. The molecule has 1 unspecified atom stereocenters. The molecule has 0 saturated carbocycles. The quantitative estimate of drug-likeness (QED) is 0.435. The Morgan fingerprint density at radius 1 is 1.00 bits per heavy atom. The Morgan fingerprint density at radius 3 is 2.38 bits per heavy atom. The number of hydrogen-bond donors (Lipinski definition) is 1. The maximum absolute atomic E-state index is 12.6. The molecule has 0 saturated heterocycles. The number of fused-ring (bicyclic) bond motifs is 3. The van der Waals surface area contributed by atoms with E-state index in [1.165, 1.54) is 35.1 Å². The summed E-state index contributed by atoms with van der Waals surface area (Å²) in [5.74, 6) is -2.80. The third-order valence-corrected chi connectivity index (χ3v) is 7.39. The van der Waals surface area contributed by atoms with Gasteiger partial charge in [-0.2, -0.15) is 4.91 Å². The number of imide groups is 1. The largest absolute Gasteiger partial charge is 0.481 e. The van der Waals surface area contributed by atoms with Crippen molar-refractivity contribution < 1.29 is 19.5 Å². The molecule has 2 aromatic carbocycles. The molecule has 34 heavy (non-hydrogen) atoms. The summed E-state index contributed by atoms with van der Waals surface area (Å²) in [7, 11) is 0. The predicted octanol–water partition coefficient (Wildman–Crippen LogP) is 5.16. The van der Waals surface area contributed by atoms with Gasteiger partial charge in [0.15, 0.2) is 0 Å². The highest BCUT2D eigenvalue weighted by atomic mass is 16.4. The van der Waals surface area contributed by atoms with Gasteiger partial charge in [-0.05, 0) is 79.3 Å². The van der Waals surface area contributed by atoms with Gasteiger partial charge >= 0.3 is 5.97 Å². The van der Waals surface area contributed by atoms with Gasteiger partial charge in [0.25, 0.3) is 11.8 Å². The zero-order valence-corrected chi connectivity index (χ0v) is 18.8. The van der Waals surface area contributed by atoms with E-state index in [0.29, 0.717) is 11.1 Å². The van der Waals surface area contributed by atoms with Gasteiger partial charge in [-0.1, -0.05) is 41.1 Å². The van der Waals surface area contributed by atoms with Gasteiger partial charge in [-0.15, -0.1) is 0 Å². The van der Waals surface area contributed by atoms with Gasteiger partial charge in [0.2, 0.25) is 0 Å². The summed E-state index contributed by atoms with van der Waals surface area (Å²) in [6.07, 6.45) is 5.61. The second-order valence-electron chi connectivity index (χ2n) is 9.37. The minimum atomic E-state index is -1.07. The Morgan fingerprint density at radius 2 is 1.71 bits per heavy atom. The number of aliphatic carboxylic acids is 1. The van der Waals surface area contributed by atoms with Gasteiger partial charge in [0.1, 0.15) is 6.04 Å². The SMILES string of the molecule is O=NC(C[C@H](CCN1C(=O)c2ccccc2C1=O)C(=O)O)c1ccc2c(c1)CC1=C2CCCC1. The number of allylic oxidation sites excluding steroid dienone is 2. The van der Waals surface area contributed by atoms with Crippen LogP contribution < -0.4 is 0 Å². The standard InChI is InChI=1S/C27H26N2O5/c30-25-22-7-3-4-8-23(22)26(31)29(25)12-11-18(27(32)33)15-24(28-34)17-9-10-21-19(14-17)13-16-5-1-2-6-20(16)21/h3-4,7-10,14,18,24H,1-2,5-6,11-13,15H2,(H,32,33)/t18-,24?/m0/s1. The highest BCUT2D eigenvalue weighted by Crippen LogP contribution is 2.42. The number of carbonyl (C=O) groups excluding carboxylic acids is 2. The maximum atomic E-state index is 12.6. The number of carboxylic acids is 1. The smallest absolute Gasteiger partial charge is 0.306 e. The van der Waals surface area contributed by atoms with Crippen molar-refractivity contribution in [1.29, 1.82) is 0 Å². The first-order valence-corrected chi connectivity index (χ1v) is 11.8. The topological polar surface area (TPSA) is 104 Å². The van der Waals surface area contributed by atoms with Crippen molar-refractivity contribution in [3.63, 3.8) is 0 Å². The number of nitroso groups, excluding NO2 is 1. The second-order valence-corrected chi connectivity index (χ2v) is 9.37. The summed E-state index contributed by atoms with van der Waals surface area (Å²) >= 11 is 0. The van der Waals surface area contributed by atoms with Crippen molar-refractivity contribution in [2.24, 2.45) is 11.1 Å². The minimum Gasteiger partial charge on any atom is -0.481 e. The van der Waals surface area contributed by atoms with E-state index in [0.717, 1.165) is 29.7 Å². The molecular formula is C27H26N2O5. The lowest BCUT2D eigenvalue weighted by atomic mass is 9.90. The number of nitrogens with zero attached hydrogens (tertiary/aromatic N) is 2. The highest BCUT2D eigenvalue weighted by molar-refractivity contribution is 6.21. The second kappa shape index (κ2) is 8.97. The highest BCUT2D eigenvalue weighted by Gasteiger charge is 2.36. The molecule has 7 nitrogen and oxygen atoms in total. The molecule has 5 rings (SSSR count). The summed E-state index contributed by atoms with van der Waals surface area (Å²) in [5.41, 5.74) is 6.76. The summed E-state index contributed by atoms with van der Waals surface area (Å²) in [5, 5.41) is 13.1. The van der Waals surface area contributed by atoms with Crippen molar-refractivity contribution in [2.75, 3.05) is 6.54 Å². The van der Waals surface area contributed by atoms with Crippen LogP contribution in [0.25, 0.3) is 5.57 Å².